The van der Waals surface area contributed by atoms with Gasteiger partial charge in [0.2, 0.25) is 0 Å². The summed E-state index contributed by atoms with van der Waals surface area (Å²) >= 11 is 0. The molecule has 0 N–H and O–H groups in total. The highest BCUT2D eigenvalue weighted by Gasteiger charge is 2.52. The lowest BCUT2D eigenvalue weighted by Gasteiger charge is -2.50. The van der Waals surface area contributed by atoms with E-state index in [0.29, 0.717) is 0 Å². The largest absolute Gasteiger partial charge is 0.309 e. The third kappa shape index (κ3) is 2.71. The first kappa shape index (κ1) is 22.9. The third-order valence-electron chi connectivity index (χ3n) is 9.86. The zero-order chi connectivity index (χ0) is 27.3. The maximum atomic E-state index is 2.51. The Bertz CT molecular complexity index is 2180. The van der Waals surface area contributed by atoms with Crippen molar-refractivity contribution in [1.29, 1.82) is 0 Å². The van der Waals surface area contributed by atoms with Crippen molar-refractivity contribution < 1.29 is 0 Å². The van der Waals surface area contributed by atoms with Gasteiger partial charge in [-0.05, 0) is 62.7 Å². The van der Waals surface area contributed by atoms with Gasteiger partial charge in [0.05, 0.1) is 22.1 Å². The van der Waals surface area contributed by atoms with Crippen LogP contribution in [-0.4, -0.2) is 4.57 Å². The van der Waals surface area contributed by atoms with Crippen molar-refractivity contribution in [3.63, 3.8) is 0 Å². The van der Waals surface area contributed by atoms with Crippen LogP contribution >= 0.6 is 0 Å². The number of para-hydroxylation sites is 3. The molecule has 1 atom stereocenters. The molecule has 0 radical (unpaired) electrons. The Hall–Kier alpha value is -4.88. The second-order valence-electron chi connectivity index (χ2n) is 12.1. The van der Waals surface area contributed by atoms with Crippen LogP contribution in [0.3, 0.4) is 0 Å². The van der Waals surface area contributed by atoms with E-state index in [1.54, 1.807) is 0 Å². The standard InChI is InChI=1S/C40H29N/c1-39(2)30-17-7-8-18-31(30)40(32-24-23-27(25-35(32)39)26-13-4-3-5-14-26)33-19-9-11-22-37(33)41-36-21-10-6-15-28(36)29-16-12-20-34(40)38(29)41/h3-25H,1-2H3. The van der Waals surface area contributed by atoms with Gasteiger partial charge in [0, 0.05) is 16.2 Å². The minimum Gasteiger partial charge on any atom is -0.309 e. The summed E-state index contributed by atoms with van der Waals surface area (Å²) in [6.45, 7) is 4.80. The van der Waals surface area contributed by atoms with Crippen molar-refractivity contribution in [2.45, 2.75) is 24.7 Å². The minimum atomic E-state index is -0.433. The van der Waals surface area contributed by atoms with Crippen LogP contribution in [-0.2, 0) is 10.8 Å². The lowest BCUT2D eigenvalue weighted by atomic mass is 9.53. The number of aromatic nitrogens is 1. The summed E-state index contributed by atoms with van der Waals surface area (Å²) in [4.78, 5) is 0. The molecule has 1 nitrogen and oxygen atoms in total. The smallest absolute Gasteiger partial charge is 0.0748 e. The van der Waals surface area contributed by atoms with Crippen LogP contribution in [0, 0.1) is 0 Å². The lowest BCUT2D eigenvalue weighted by Crippen LogP contribution is -2.44. The van der Waals surface area contributed by atoms with Crippen LogP contribution in [0.4, 0.5) is 0 Å². The SMILES string of the molecule is CC1(C)c2ccccc2C2(c3ccccc3-n3c4ccccc4c4cccc2c43)c2ccc(-c3ccccc3)cc21. The molecule has 0 saturated carbocycles. The molecule has 0 bridgehead atoms. The number of rotatable bonds is 1. The van der Waals surface area contributed by atoms with Gasteiger partial charge in [0.1, 0.15) is 0 Å². The molecule has 0 fully saturated rings. The number of fused-ring (bicyclic) bond motifs is 11. The Morgan fingerprint density at radius 3 is 1.93 bits per heavy atom. The van der Waals surface area contributed by atoms with E-state index in [9.17, 15) is 0 Å². The van der Waals surface area contributed by atoms with E-state index in [0.717, 1.165) is 0 Å². The van der Waals surface area contributed by atoms with Crippen LogP contribution < -0.4 is 0 Å². The molecule has 6 aromatic carbocycles. The van der Waals surface area contributed by atoms with E-state index >= 15 is 0 Å². The molecular weight excluding hydrogens is 494 g/mol. The maximum Gasteiger partial charge on any atom is 0.0748 e. The highest BCUT2D eigenvalue weighted by molar-refractivity contribution is 6.12. The molecule has 1 aliphatic carbocycles. The Kier molecular flexibility index (Phi) is 4.39. The van der Waals surface area contributed by atoms with E-state index in [1.807, 2.05) is 0 Å². The van der Waals surface area contributed by atoms with E-state index in [2.05, 4.69) is 158 Å². The molecule has 1 unspecified atom stereocenters. The Labute approximate surface area is 240 Å². The Balaban J connectivity index is 1.51. The lowest BCUT2D eigenvalue weighted by molar-refractivity contribution is 0.556. The first-order chi connectivity index (χ1) is 20.1. The van der Waals surface area contributed by atoms with E-state index in [1.165, 1.54) is 72.0 Å². The molecule has 0 saturated heterocycles. The molecule has 1 spiro atoms. The van der Waals surface area contributed by atoms with Crippen LogP contribution in [0.15, 0.2) is 140 Å². The minimum absolute atomic E-state index is 0.158. The molecule has 2 aliphatic rings. The van der Waals surface area contributed by atoms with Gasteiger partial charge in [0.25, 0.3) is 0 Å². The average molecular weight is 524 g/mol. The first-order valence-corrected chi connectivity index (χ1v) is 14.5. The summed E-state index contributed by atoms with van der Waals surface area (Å²) < 4.78 is 2.51. The molecule has 9 rings (SSSR count). The van der Waals surface area contributed by atoms with Gasteiger partial charge in [-0.1, -0.05) is 135 Å². The van der Waals surface area contributed by atoms with Gasteiger partial charge in [-0.15, -0.1) is 0 Å². The zero-order valence-corrected chi connectivity index (χ0v) is 23.2. The normalized spacial score (nSPS) is 17.8. The van der Waals surface area contributed by atoms with Gasteiger partial charge >= 0.3 is 0 Å². The van der Waals surface area contributed by atoms with Crippen molar-refractivity contribution in [2.24, 2.45) is 0 Å². The third-order valence-corrected chi connectivity index (χ3v) is 9.86. The number of hydrogen-bond acceptors (Lipinski definition) is 0. The zero-order valence-electron chi connectivity index (χ0n) is 23.2. The fourth-order valence-corrected chi connectivity index (χ4v) is 8.13. The summed E-state index contributed by atoms with van der Waals surface area (Å²) in [5, 5.41) is 2.62. The predicted octanol–water partition coefficient (Wildman–Crippen LogP) is 9.79. The molecule has 1 heteroatoms. The molecule has 2 heterocycles. The summed E-state index contributed by atoms with van der Waals surface area (Å²) in [6, 6.07) is 52.2. The number of benzene rings is 6. The topological polar surface area (TPSA) is 4.93 Å². The summed E-state index contributed by atoms with van der Waals surface area (Å²) in [5.41, 5.74) is 14.1. The molecule has 1 aliphatic heterocycles. The fourth-order valence-electron chi connectivity index (χ4n) is 8.13. The van der Waals surface area contributed by atoms with Gasteiger partial charge in [0.15, 0.2) is 0 Å². The van der Waals surface area contributed by atoms with Crippen molar-refractivity contribution in [2.75, 3.05) is 0 Å². The Morgan fingerprint density at radius 1 is 0.439 bits per heavy atom. The second kappa shape index (κ2) is 7.86. The molecule has 194 valence electrons. The van der Waals surface area contributed by atoms with Gasteiger partial charge in [-0.25, -0.2) is 0 Å². The van der Waals surface area contributed by atoms with E-state index < -0.39 is 5.41 Å². The maximum absolute atomic E-state index is 2.51. The van der Waals surface area contributed by atoms with Crippen LogP contribution in [0.1, 0.15) is 47.2 Å². The van der Waals surface area contributed by atoms with Crippen LogP contribution in [0.25, 0.3) is 38.6 Å². The molecule has 7 aromatic rings. The quantitative estimate of drug-likeness (QED) is 0.202. The summed E-state index contributed by atoms with van der Waals surface area (Å²) in [7, 11) is 0. The molecule has 41 heavy (non-hydrogen) atoms. The average Bonchev–Trinajstić information content (AvgIpc) is 3.37. The van der Waals surface area contributed by atoms with Crippen LogP contribution in [0.5, 0.6) is 0 Å². The molecule has 1 aromatic heterocycles. The van der Waals surface area contributed by atoms with Crippen molar-refractivity contribution >= 4 is 21.8 Å². The Morgan fingerprint density at radius 2 is 1.07 bits per heavy atom. The molecule has 0 amide bonds. The van der Waals surface area contributed by atoms with Gasteiger partial charge < -0.3 is 4.57 Å². The molecular formula is C40H29N. The summed E-state index contributed by atoms with van der Waals surface area (Å²) in [5.74, 6) is 0. The number of hydrogen-bond donors (Lipinski definition) is 0. The number of nitrogens with zero attached hydrogens (tertiary/aromatic N) is 1. The van der Waals surface area contributed by atoms with Gasteiger partial charge in [-0.2, -0.15) is 0 Å². The second-order valence-corrected chi connectivity index (χ2v) is 12.1. The van der Waals surface area contributed by atoms with Crippen molar-refractivity contribution in [1.82, 2.24) is 4.57 Å². The highest BCUT2D eigenvalue weighted by atomic mass is 15.0. The van der Waals surface area contributed by atoms with Crippen LogP contribution in [0.2, 0.25) is 0 Å². The van der Waals surface area contributed by atoms with Gasteiger partial charge in [-0.3, -0.25) is 0 Å². The monoisotopic (exact) mass is 523 g/mol. The predicted molar refractivity (Wildman–Crippen MR) is 170 cm³/mol. The van der Waals surface area contributed by atoms with E-state index in [4.69, 9.17) is 0 Å². The van der Waals surface area contributed by atoms with Crippen molar-refractivity contribution in [3.8, 4) is 16.8 Å². The fraction of sp³-hybridized carbons (Fsp3) is 0.100. The summed E-state index contributed by atoms with van der Waals surface area (Å²) in [6.07, 6.45) is 0. The highest BCUT2D eigenvalue weighted by Crippen LogP contribution is 2.60. The first-order valence-electron chi connectivity index (χ1n) is 14.5. The van der Waals surface area contributed by atoms with Crippen molar-refractivity contribution in [3.05, 3.63) is 173 Å². The van der Waals surface area contributed by atoms with E-state index in [-0.39, 0.29) is 5.41 Å².